The molecule has 0 radical (unpaired) electrons. The van der Waals surface area contributed by atoms with Crippen LogP contribution in [0.15, 0.2) is 0 Å². The molecule has 0 atom stereocenters. The standard InChI is InChI=1S/Ba.ClO3/c;2-1(3)4/q+2;-1. The van der Waals surface area contributed by atoms with Crippen molar-refractivity contribution in [1.29, 1.82) is 0 Å². The van der Waals surface area contributed by atoms with Gasteiger partial charge in [0.2, 0.25) is 0 Å². The Kier molecular flexibility index (Phi) is 11.4. The second-order valence-corrected chi connectivity index (χ2v) is 0.567. The Bertz CT molecular complexity index is 11.6. The van der Waals surface area contributed by atoms with Crippen LogP contribution < -0.4 is 14.0 Å². The van der Waals surface area contributed by atoms with E-state index in [0.29, 0.717) is 0 Å². The summed E-state index contributed by atoms with van der Waals surface area (Å²) in [6, 6.07) is 0. The molecule has 0 aromatic carbocycles. The van der Waals surface area contributed by atoms with E-state index in [0.717, 1.165) is 0 Å². The molecular formula is BaClO3+. The van der Waals surface area contributed by atoms with E-state index in [1.807, 2.05) is 0 Å². The molecule has 0 spiro atoms. The normalized spacial score (nSPS) is 7.20. The summed E-state index contributed by atoms with van der Waals surface area (Å²) in [5.74, 6) is 0. The maximum atomic E-state index is 8.41. The number of hydrogen-bond donors (Lipinski definition) is 0. The minimum Gasteiger partial charge on any atom is -0.357 e. The van der Waals surface area contributed by atoms with Crippen LogP contribution in [0.3, 0.4) is 0 Å². The first-order chi connectivity index (χ1) is 1.73. The van der Waals surface area contributed by atoms with Gasteiger partial charge >= 0.3 is 48.9 Å². The number of rotatable bonds is 0. The van der Waals surface area contributed by atoms with Crippen LogP contribution in [-0.2, 0) is 0 Å². The fourth-order valence-corrected chi connectivity index (χ4v) is 0. The molecule has 26 valence electrons. The molecule has 0 N–H and O–H groups in total. The number of hydrogen-bond acceptors (Lipinski definition) is 3. The summed E-state index contributed by atoms with van der Waals surface area (Å²) < 4.78 is 25.2. The second kappa shape index (κ2) is 5.74. The van der Waals surface area contributed by atoms with E-state index in [1.54, 1.807) is 0 Å². The average molecular weight is 221 g/mol. The molecule has 5 heteroatoms. The van der Waals surface area contributed by atoms with Crippen LogP contribution in [0.5, 0.6) is 0 Å². The van der Waals surface area contributed by atoms with E-state index >= 15 is 0 Å². The largest absolute Gasteiger partial charge is 2.00 e. The minimum atomic E-state index is -2.85. The third-order valence-corrected chi connectivity index (χ3v) is 0. The van der Waals surface area contributed by atoms with Crippen LogP contribution in [0.4, 0.5) is 0 Å². The quantitative estimate of drug-likeness (QED) is 0.392. The van der Waals surface area contributed by atoms with Gasteiger partial charge in [-0.25, -0.2) is 0 Å². The Morgan fingerprint density at radius 2 is 1.00 bits per heavy atom. The molecule has 0 amide bonds. The molecule has 3 nitrogen and oxygen atoms in total. The average Bonchev–Trinajstić information content (AvgIpc) is 0.811. The number of halogens is 1. The monoisotopic (exact) mass is 221 g/mol. The van der Waals surface area contributed by atoms with Crippen molar-refractivity contribution in [3.63, 3.8) is 0 Å². The van der Waals surface area contributed by atoms with Gasteiger partial charge in [0.15, 0.2) is 0 Å². The van der Waals surface area contributed by atoms with E-state index in [9.17, 15) is 0 Å². The molecule has 0 aromatic rings. The fraction of sp³-hybridized carbons (Fsp3) is 0. The van der Waals surface area contributed by atoms with Gasteiger partial charge in [-0.15, -0.1) is 0 Å². The van der Waals surface area contributed by atoms with Gasteiger partial charge in [-0.2, -0.15) is 0 Å². The van der Waals surface area contributed by atoms with Crippen LogP contribution in [-0.4, -0.2) is 48.9 Å². The summed E-state index contributed by atoms with van der Waals surface area (Å²) in [6.45, 7) is 0. The topological polar surface area (TPSA) is 69.2 Å². The molecule has 0 fully saturated rings. The molecule has 0 bridgehead atoms. The first kappa shape index (κ1) is 9.88. The van der Waals surface area contributed by atoms with Crippen molar-refractivity contribution >= 4 is 48.9 Å². The van der Waals surface area contributed by atoms with Crippen LogP contribution in [0, 0.1) is 10.8 Å². The summed E-state index contributed by atoms with van der Waals surface area (Å²) in [5, 5.41) is 0. The molecule has 0 saturated heterocycles. The zero-order valence-corrected chi connectivity index (χ0v) is 7.51. The summed E-state index contributed by atoms with van der Waals surface area (Å²) in [4.78, 5) is 0. The van der Waals surface area contributed by atoms with Crippen molar-refractivity contribution < 1.29 is 24.8 Å². The molecular weight excluding hydrogens is 221 g/mol. The van der Waals surface area contributed by atoms with Crippen LogP contribution in [0.1, 0.15) is 0 Å². The molecule has 5 heavy (non-hydrogen) atoms. The molecule has 0 aliphatic heterocycles. The predicted molar refractivity (Wildman–Crippen MR) is 5.75 cm³/mol. The SMILES string of the molecule is [Ba+2].[O-][Cl+2]([O-])[O-]. The van der Waals surface area contributed by atoms with E-state index in [2.05, 4.69) is 0 Å². The summed E-state index contributed by atoms with van der Waals surface area (Å²) in [7, 11) is -2.85. The smallest absolute Gasteiger partial charge is 0.357 e. The Morgan fingerprint density at radius 1 is 1.00 bits per heavy atom. The predicted octanol–water partition coefficient (Wildman–Crippen LogP) is -3.95. The van der Waals surface area contributed by atoms with Crippen molar-refractivity contribution in [3.8, 4) is 0 Å². The first-order valence-corrected chi connectivity index (χ1v) is 1.39. The van der Waals surface area contributed by atoms with Gasteiger partial charge in [-0.05, 0) is 0 Å². The van der Waals surface area contributed by atoms with E-state index in [1.165, 1.54) is 0 Å². The molecule has 0 rings (SSSR count). The van der Waals surface area contributed by atoms with Crippen molar-refractivity contribution in [3.05, 3.63) is 0 Å². The summed E-state index contributed by atoms with van der Waals surface area (Å²) >= 11 is 0. The van der Waals surface area contributed by atoms with Gasteiger partial charge in [0.25, 0.3) is 0 Å². The van der Waals surface area contributed by atoms with E-state index in [-0.39, 0.29) is 48.9 Å². The van der Waals surface area contributed by atoms with Gasteiger partial charge in [-0.1, -0.05) is 0 Å². The van der Waals surface area contributed by atoms with Gasteiger partial charge in [0, 0.05) is 0 Å². The van der Waals surface area contributed by atoms with Gasteiger partial charge in [0.1, 0.15) is 0 Å². The molecule has 0 saturated carbocycles. The third kappa shape index (κ3) is 26.5. The van der Waals surface area contributed by atoms with E-state index < -0.39 is 10.8 Å². The maximum absolute atomic E-state index is 8.41. The molecule has 0 aliphatic carbocycles. The third-order valence-electron chi connectivity index (χ3n) is 0. The maximum Gasteiger partial charge on any atom is 2.00 e. The second-order valence-electron chi connectivity index (χ2n) is 0.189. The Balaban J connectivity index is 0. The molecule has 0 heterocycles. The summed E-state index contributed by atoms with van der Waals surface area (Å²) in [6.07, 6.45) is 0. The zero-order chi connectivity index (χ0) is 3.58. The Hall–Kier alpha value is 1.74. The van der Waals surface area contributed by atoms with Crippen LogP contribution in [0.2, 0.25) is 0 Å². The first-order valence-electron chi connectivity index (χ1n) is 0.463. The molecule has 0 aliphatic rings. The zero-order valence-electron chi connectivity index (χ0n) is 2.31. The van der Waals surface area contributed by atoms with Crippen LogP contribution in [0.25, 0.3) is 0 Å². The van der Waals surface area contributed by atoms with Gasteiger partial charge in [0.05, 0.1) is 10.8 Å². The van der Waals surface area contributed by atoms with Crippen molar-refractivity contribution in [2.75, 3.05) is 0 Å². The van der Waals surface area contributed by atoms with Crippen molar-refractivity contribution in [2.45, 2.75) is 0 Å². The van der Waals surface area contributed by atoms with Crippen molar-refractivity contribution in [1.82, 2.24) is 0 Å². The Labute approximate surface area is 72.5 Å². The van der Waals surface area contributed by atoms with E-state index in [4.69, 9.17) is 14.0 Å². The van der Waals surface area contributed by atoms with Gasteiger partial charge < -0.3 is 14.0 Å². The van der Waals surface area contributed by atoms with Crippen molar-refractivity contribution in [2.24, 2.45) is 0 Å². The molecule has 0 aromatic heterocycles. The summed E-state index contributed by atoms with van der Waals surface area (Å²) in [5.41, 5.74) is 0. The van der Waals surface area contributed by atoms with Crippen LogP contribution >= 0.6 is 0 Å². The fourth-order valence-electron chi connectivity index (χ4n) is 0. The minimum absolute atomic E-state index is 0. The Morgan fingerprint density at radius 3 is 1.00 bits per heavy atom. The molecule has 0 unspecified atom stereocenters. The van der Waals surface area contributed by atoms with Gasteiger partial charge in [-0.3, -0.25) is 0 Å².